The smallest absolute Gasteiger partial charge is 0.776 e. The molecule has 0 spiro atoms. The third-order valence-electron chi connectivity index (χ3n) is 3.16. The molecule has 0 amide bonds. The summed E-state index contributed by atoms with van der Waals surface area (Å²) in [6.07, 6.45) is 0. The first-order chi connectivity index (χ1) is 12.3. The minimum atomic E-state index is -4.48. The van der Waals surface area contributed by atoms with E-state index in [0.717, 1.165) is 0 Å². The molecule has 0 saturated heterocycles. The van der Waals surface area contributed by atoms with Crippen LogP contribution in [0.25, 0.3) is 0 Å². The number of benzene rings is 2. The maximum Gasteiger partial charge on any atom is 1.00 e. The van der Waals surface area contributed by atoms with Crippen molar-refractivity contribution < 1.29 is 57.8 Å². The summed E-state index contributed by atoms with van der Waals surface area (Å²) in [6.45, 7) is 0.926. The Kier molecular flexibility index (Phi) is 10.4. The van der Waals surface area contributed by atoms with E-state index in [1.54, 1.807) is 24.3 Å². The molecule has 2 rings (SSSR count). The maximum absolute atomic E-state index is 12.3. The van der Waals surface area contributed by atoms with Crippen LogP contribution < -0.4 is 39.2 Å². The Morgan fingerprint density at radius 1 is 1.19 bits per heavy atom. The summed E-state index contributed by atoms with van der Waals surface area (Å²) in [5.41, 5.74) is 0.275. The topological polar surface area (TPSA) is 84.9 Å². The molecule has 0 aliphatic carbocycles. The summed E-state index contributed by atoms with van der Waals surface area (Å²) >= 11 is 11.7. The van der Waals surface area contributed by atoms with Crippen LogP contribution in [0.5, 0.6) is 5.75 Å². The quantitative estimate of drug-likeness (QED) is 0.348. The summed E-state index contributed by atoms with van der Waals surface area (Å²) in [5, 5.41) is 0.631. The molecule has 10 heteroatoms. The Bertz CT molecular complexity index is 805. The fraction of sp³-hybridized carbons (Fsp3) is 0.235. The first-order valence-corrected chi connectivity index (χ1v) is 9.98. The SMILES string of the molecule is CCOP(=O)([O-])C(OC(=O)COc1ccc(Cl)cc1Cl)c1ccccc1.[Na+]. The van der Waals surface area contributed by atoms with Gasteiger partial charge in [-0.25, -0.2) is 4.79 Å². The van der Waals surface area contributed by atoms with Gasteiger partial charge in [0.25, 0.3) is 0 Å². The predicted molar refractivity (Wildman–Crippen MR) is 96.5 cm³/mol. The standard InChI is InChI=1S/C17H17Cl2O6P.Na/c1-2-24-26(21,22)17(12-6-4-3-5-7-12)25-16(20)11-23-15-9-8-13(18)10-14(15)19;/h3-10,17H,2,11H2,1H3,(H,21,22);/q;+1/p-1. The Morgan fingerprint density at radius 3 is 2.44 bits per heavy atom. The number of halogens is 2. The van der Waals surface area contributed by atoms with Gasteiger partial charge in [-0.1, -0.05) is 53.5 Å². The Balaban J connectivity index is 0.00000364. The van der Waals surface area contributed by atoms with E-state index in [1.807, 2.05) is 0 Å². The van der Waals surface area contributed by atoms with Gasteiger partial charge in [-0.2, -0.15) is 0 Å². The van der Waals surface area contributed by atoms with Crippen molar-refractivity contribution in [1.82, 2.24) is 0 Å². The molecular weight excluding hydrogens is 425 g/mol. The van der Waals surface area contributed by atoms with Crippen LogP contribution in [0.15, 0.2) is 48.5 Å². The van der Waals surface area contributed by atoms with E-state index in [2.05, 4.69) is 0 Å². The van der Waals surface area contributed by atoms with Crippen LogP contribution in [0, 0.1) is 0 Å². The van der Waals surface area contributed by atoms with Gasteiger partial charge in [0.05, 0.1) is 11.6 Å². The van der Waals surface area contributed by atoms with Crippen molar-refractivity contribution in [2.24, 2.45) is 0 Å². The van der Waals surface area contributed by atoms with Crippen molar-refractivity contribution in [2.75, 3.05) is 13.2 Å². The van der Waals surface area contributed by atoms with Crippen molar-refractivity contribution in [3.63, 3.8) is 0 Å². The van der Waals surface area contributed by atoms with Crippen LogP contribution in [0.1, 0.15) is 18.3 Å². The fourth-order valence-electron chi connectivity index (χ4n) is 2.07. The molecule has 0 N–H and O–H groups in total. The van der Waals surface area contributed by atoms with E-state index in [-0.39, 0.29) is 52.5 Å². The second kappa shape index (κ2) is 11.4. The van der Waals surface area contributed by atoms with Gasteiger partial charge in [-0.05, 0) is 25.1 Å². The Morgan fingerprint density at radius 2 is 1.85 bits per heavy atom. The monoisotopic (exact) mass is 440 g/mol. The molecule has 27 heavy (non-hydrogen) atoms. The fourth-order valence-corrected chi connectivity index (χ4v) is 3.81. The second-order valence-electron chi connectivity index (χ2n) is 5.07. The molecule has 0 radical (unpaired) electrons. The number of esters is 1. The molecule has 6 nitrogen and oxygen atoms in total. The van der Waals surface area contributed by atoms with Crippen LogP contribution in [-0.4, -0.2) is 19.2 Å². The predicted octanol–water partition coefficient (Wildman–Crippen LogP) is 1.21. The summed E-state index contributed by atoms with van der Waals surface area (Å²) in [6, 6.07) is 12.5. The van der Waals surface area contributed by atoms with Gasteiger partial charge in [0.1, 0.15) is 5.75 Å². The van der Waals surface area contributed by atoms with E-state index < -0.39 is 26.0 Å². The molecule has 2 atom stereocenters. The van der Waals surface area contributed by atoms with Gasteiger partial charge >= 0.3 is 35.5 Å². The number of carbonyl (C=O) groups excluding carboxylic acids is 1. The first-order valence-electron chi connectivity index (χ1n) is 7.61. The van der Waals surface area contributed by atoms with E-state index in [0.29, 0.717) is 5.02 Å². The van der Waals surface area contributed by atoms with Crippen molar-refractivity contribution in [1.29, 1.82) is 0 Å². The minimum Gasteiger partial charge on any atom is -0.776 e. The number of rotatable bonds is 8. The van der Waals surface area contributed by atoms with Crippen molar-refractivity contribution in [2.45, 2.75) is 12.8 Å². The second-order valence-corrected chi connectivity index (χ2v) is 7.72. The molecule has 2 aromatic carbocycles. The van der Waals surface area contributed by atoms with Crippen molar-refractivity contribution in [3.05, 3.63) is 64.1 Å². The molecule has 140 valence electrons. The van der Waals surface area contributed by atoms with Crippen LogP contribution in [0.3, 0.4) is 0 Å². The molecule has 0 bridgehead atoms. The van der Waals surface area contributed by atoms with Gasteiger partial charge < -0.3 is 23.5 Å². The maximum atomic E-state index is 12.3. The molecule has 0 saturated carbocycles. The molecule has 0 fully saturated rings. The van der Waals surface area contributed by atoms with Crippen LogP contribution >= 0.6 is 30.8 Å². The number of carbonyl (C=O) groups is 1. The molecule has 0 heterocycles. The largest absolute Gasteiger partial charge is 1.00 e. The van der Waals surface area contributed by atoms with E-state index in [1.165, 1.54) is 31.2 Å². The van der Waals surface area contributed by atoms with E-state index >= 15 is 0 Å². The third kappa shape index (κ3) is 7.41. The molecule has 0 aliphatic rings. The summed E-state index contributed by atoms with van der Waals surface area (Å²) in [5.74, 6) is -2.24. The molecule has 2 aromatic rings. The number of ether oxygens (including phenoxy) is 2. The van der Waals surface area contributed by atoms with Gasteiger partial charge in [-0.3, -0.25) is 0 Å². The first kappa shape index (κ1) is 24.5. The molecule has 0 aliphatic heterocycles. The molecular formula is C17H16Cl2NaO6P. The zero-order chi connectivity index (χ0) is 19.2. The zero-order valence-electron chi connectivity index (χ0n) is 14.8. The van der Waals surface area contributed by atoms with Crippen molar-refractivity contribution in [3.8, 4) is 5.75 Å². The summed E-state index contributed by atoms with van der Waals surface area (Å²) in [4.78, 5) is 24.4. The van der Waals surface area contributed by atoms with Crippen molar-refractivity contribution >= 4 is 36.8 Å². The Hall–Kier alpha value is -0.560. The summed E-state index contributed by atoms with van der Waals surface area (Å²) in [7, 11) is -4.48. The van der Waals surface area contributed by atoms with Gasteiger partial charge in [0.15, 0.2) is 20.0 Å². The van der Waals surface area contributed by atoms with Gasteiger partial charge in [0, 0.05) is 10.6 Å². The third-order valence-corrected chi connectivity index (χ3v) is 5.29. The van der Waals surface area contributed by atoms with E-state index in [4.69, 9.17) is 37.2 Å². The molecule has 2 unspecified atom stereocenters. The number of hydrogen-bond donors (Lipinski definition) is 0. The van der Waals surface area contributed by atoms with Crippen LogP contribution in [0.2, 0.25) is 10.0 Å². The average Bonchev–Trinajstić information content (AvgIpc) is 2.59. The Labute approximate surface area is 189 Å². The van der Waals surface area contributed by atoms with Crippen LogP contribution in [-0.2, 0) is 18.6 Å². The van der Waals surface area contributed by atoms with Crippen LogP contribution in [0.4, 0.5) is 0 Å². The normalized spacial score (nSPS) is 13.8. The summed E-state index contributed by atoms with van der Waals surface area (Å²) < 4.78 is 27.4. The van der Waals surface area contributed by atoms with Gasteiger partial charge in [-0.15, -0.1) is 0 Å². The van der Waals surface area contributed by atoms with Gasteiger partial charge in [0.2, 0.25) is 0 Å². The number of hydrogen-bond acceptors (Lipinski definition) is 6. The zero-order valence-corrected chi connectivity index (χ0v) is 19.2. The molecule has 0 aromatic heterocycles. The average molecular weight is 441 g/mol. The van der Waals surface area contributed by atoms with E-state index in [9.17, 15) is 14.3 Å². The minimum absolute atomic E-state index is 0.